The van der Waals surface area contributed by atoms with Gasteiger partial charge in [-0.25, -0.2) is 9.97 Å². The number of aromatic nitrogens is 5. The van der Waals surface area contributed by atoms with Crippen LogP contribution in [0.5, 0.6) is 0 Å². The molecule has 0 radical (unpaired) electrons. The lowest BCUT2D eigenvalue weighted by Crippen LogP contribution is -2.11. The lowest BCUT2D eigenvalue weighted by atomic mass is 10.1. The van der Waals surface area contributed by atoms with Crippen molar-refractivity contribution in [3.05, 3.63) is 35.0 Å². The van der Waals surface area contributed by atoms with Crippen molar-refractivity contribution in [2.45, 2.75) is 32.6 Å². The van der Waals surface area contributed by atoms with Gasteiger partial charge in [0.1, 0.15) is 5.82 Å². The van der Waals surface area contributed by atoms with Crippen LogP contribution >= 0.6 is 0 Å². The number of imidazole rings is 1. The minimum absolute atomic E-state index is 0.518. The van der Waals surface area contributed by atoms with Crippen molar-refractivity contribution in [1.29, 1.82) is 0 Å². The van der Waals surface area contributed by atoms with E-state index < -0.39 is 0 Å². The normalized spacial score (nSPS) is 13.4. The minimum atomic E-state index is 0.518. The molecule has 7 nitrogen and oxygen atoms in total. The van der Waals surface area contributed by atoms with Crippen LogP contribution in [0.15, 0.2) is 12.5 Å². The second-order valence-corrected chi connectivity index (χ2v) is 5.89. The summed E-state index contributed by atoms with van der Waals surface area (Å²) < 4.78 is 0. The third-order valence-electron chi connectivity index (χ3n) is 4.38. The fourth-order valence-electron chi connectivity index (χ4n) is 3.29. The lowest BCUT2D eigenvalue weighted by molar-refractivity contribution is 0.908. The van der Waals surface area contributed by atoms with E-state index in [1.807, 2.05) is 13.1 Å². The van der Waals surface area contributed by atoms with Crippen LogP contribution in [0.3, 0.4) is 0 Å². The number of H-pyrrole nitrogens is 1. The molecule has 0 spiro atoms. The van der Waals surface area contributed by atoms with Crippen molar-refractivity contribution in [1.82, 2.24) is 24.9 Å². The average molecular weight is 309 g/mol. The predicted molar refractivity (Wildman–Crippen MR) is 89.3 cm³/mol. The molecule has 0 bridgehead atoms. The molecule has 4 N–H and O–H groups in total. The molecule has 0 amide bonds. The molecule has 7 heteroatoms. The highest BCUT2D eigenvalue weighted by molar-refractivity contribution is 5.91. The summed E-state index contributed by atoms with van der Waals surface area (Å²) in [6, 6.07) is 0. The van der Waals surface area contributed by atoms with Crippen molar-refractivity contribution in [2.24, 2.45) is 0 Å². The second-order valence-electron chi connectivity index (χ2n) is 5.89. The Bertz CT molecular complexity index is 855. The summed E-state index contributed by atoms with van der Waals surface area (Å²) in [5.41, 5.74) is 11.6. The van der Waals surface area contributed by atoms with E-state index in [1.54, 1.807) is 6.33 Å². The van der Waals surface area contributed by atoms with E-state index in [0.717, 1.165) is 42.5 Å². The Morgan fingerprint density at radius 2 is 2.09 bits per heavy atom. The summed E-state index contributed by atoms with van der Waals surface area (Å²) in [4.78, 5) is 20.7. The molecule has 3 aromatic rings. The zero-order valence-corrected chi connectivity index (χ0v) is 13.1. The van der Waals surface area contributed by atoms with Gasteiger partial charge in [-0.2, -0.15) is 9.97 Å². The predicted octanol–water partition coefficient (Wildman–Crippen LogP) is 1.78. The number of hydrogen-bond donors (Lipinski definition) is 3. The van der Waals surface area contributed by atoms with Crippen LogP contribution < -0.4 is 11.1 Å². The highest BCUT2D eigenvalue weighted by Gasteiger charge is 2.21. The first-order valence-corrected chi connectivity index (χ1v) is 7.89. The molecule has 0 aliphatic heterocycles. The minimum Gasteiger partial charge on any atom is -0.383 e. The van der Waals surface area contributed by atoms with Gasteiger partial charge in [-0.05, 0) is 37.3 Å². The van der Waals surface area contributed by atoms with E-state index in [9.17, 15) is 0 Å². The Balaban J connectivity index is 1.63. The molecule has 0 unspecified atom stereocenters. The van der Waals surface area contributed by atoms with Crippen molar-refractivity contribution < 1.29 is 0 Å². The van der Waals surface area contributed by atoms with Crippen LogP contribution in [-0.4, -0.2) is 31.5 Å². The number of aromatic amines is 1. The van der Waals surface area contributed by atoms with Crippen LogP contribution in [0, 0.1) is 6.92 Å². The van der Waals surface area contributed by atoms with Gasteiger partial charge in [-0.1, -0.05) is 0 Å². The molecule has 0 fully saturated rings. The smallest absolute Gasteiger partial charge is 0.226 e. The first-order chi connectivity index (χ1) is 11.2. The quantitative estimate of drug-likeness (QED) is 0.678. The van der Waals surface area contributed by atoms with E-state index in [0.29, 0.717) is 24.0 Å². The molecule has 3 aromatic heterocycles. The van der Waals surface area contributed by atoms with Gasteiger partial charge in [-0.15, -0.1) is 0 Å². The maximum Gasteiger partial charge on any atom is 0.226 e. The van der Waals surface area contributed by atoms with Gasteiger partial charge in [0.2, 0.25) is 5.95 Å². The number of anilines is 2. The van der Waals surface area contributed by atoms with Gasteiger partial charge < -0.3 is 16.0 Å². The number of rotatable bonds is 4. The fourth-order valence-corrected chi connectivity index (χ4v) is 3.29. The molecule has 118 valence electrons. The standard InChI is InChI=1S/C16H19N7/c1-9-11-3-2-4-12(11)13-14(17)22-16(23-15(13)21-9)19-6-5-10-7-18-8-20-10/h7-8H,2-6H2,1H3,(H,18,20)(H3,17,19,21,22,23). The monoisotopic (exact) mass is 309 g/mol. The molecule has 1 aliphatic rings. The maximum atomic E-state index is 6.20. The van der Waals surface area contributed by atoms with Crippen LogP contribution in [0.1, 0.15) is 28.9 Å². The number of nitrogens with zero attached hydrogens (tertiary/aromatic N) is 4. The van der Waals surface area contributed by atoms with Gasteiger partial charge in [0.15, 0.2) is 5.65 Å². The van der Waals surface area contributed by atoms with E-state index >= 15 is 0 Å². The number of nitrogen functional groups attached to an aromatic ring is 1. The molecular weight excluding hydrogens is 290 g/mol. The number of nitrogens with one attached hydrogen (secondary N) is 2. The third-order valence-corrected chi connectivity index (χ3v) is 4.38. The summed E-state index contributed by atoms with van der Waals surface area (Å²) in [6.07, 6.45) is 7.57. The summed E-state index contributed by atoms with van der Waals surface area (Å²) in [5.74, 6) is 1.05. The summed E-state index contributed by atoms with van der Waals surface area (Å²) >= 11 is 0. The SMILES string of the molecule is Cc1nc2nc(NCCc3cnc[nH]3)nc(N)c2c2c1CCC2. The van der Waals surface area contributed by atoms with E-state index in [2.05, 4.69) is 30.2 Å². The van der Waals surface area contributed by atoms with Gasteiger partial charge in [0.25, 0.3) is 0 Å². The van der Waals surface area contributed by atoms with Crippen molar-refractivity contribution >= 4 is 22.8 Å². The second kappa shape index (κ2) is 5.49. The van der Waals surface area contributed by atoms with Crippen LogP contribution in [-0.2, 0) is 19.3 Å². The third kappa shape index (κ3) is 2.48. The van der Waals surface area contributed by atoms with E-state index in [-0.39, 0.29) is 0 Å². The fraction of sp³-hybridized carbons (Fsp3) is 0.375. The Labute approximate surface area is 133 Å². The topological polar surface area (TPSA) is 105 Å². The number of pyridine rings is 1. The van der Waals surface area contributed by atoms with Gasteiger partial charge >= 0.3 is 0 Å². The molecular formula is C16H19N7. The summed E-state index contributed by atoms with van der Waals surface area (Å²) in [7, 11) is 0. The van der Waals surface area contributed by atoms with Crippen molar-refractivity contribution in [2.75, 3.05) is 17.6 Å². The molecule has 4 rings (SSSR count). The average Bonchev–Trinajstić information content (AvgIpc) is 3.18. The highest BCUT2D eigenvalue weighted by Crippen LogP contribution is 2.33. The Kier molecular flexibility index (Phi) is 3.33. The first-order valence-electron chi connectivity index (χ1n) is 7.89. The van der Waals surface area contributed by atoms with E-state index in [1.165, 1.54) is 11.1 Å². The summed E-state index contributed by atoms with van der Waals surface area (Å²) in [5, 5.41) is 4.15. The Hall–Kier alpha value is -2.70. The van der Waals surface area contributed by atoms with Crippen LogP contribution in [0.2, 0.25) is 0 Å². The Morgan fingerprint density at radius 3 is 2.91 bits per heavy atom. The first kappa shape index (κ1) is 13.9. The zero-order chi connectivity index (χ0) is 15.8. The Morgan fingerprint density at radius 1 is 1.22 bits per heavy atom. The molecule has 0 saturated carbocycles. The van der Waals surface area contributed by atoms with Gasteiger partial charge in [0, 0.05) is 30.6 Å². The van der Waals surface area contributed by atoms with Crippen LogP contribution in [0.4, 0.5) is 11.8 Å². The zero-order valence-electron chi connectivity index (χ0n) is 13.1. The lowest BCUT2D eigenvalue weighted by Gasteiger charge is -2.11. The molecule has 1 aliphatic carbocycles. The molecule has 23 heavy (non-hydrogen) atoms. The van der Waals surface area contributed by atoms with Gasteiger partial charge in [0.05, 0.1) is 11.7 Å². The maximum absolute atomic E-state index is 6.20. The molecule has 0 aromatic carbocycles. The molecule has 0 atom stereocenters. The van der Waals surface area contributed by atoms with Crippen molar-refractivity contribution in [3.63, 3.8) is 0 Å². The van der Waals surface area contributed by atoms with Gasteiger partial charge in [-0.3, -0.25) is 0 Å². The largest absolute Gasteiger partial charge is 0.383 e. The van der Waals surface area contributed by atoms with Crippen LogP contribution in [0.25, 0.3) is 11.0 Å². The highest BCUT2D eigenvalue weighted by atomic mass is 15.1. The van der Waals surface area contributed by atoms with E-state index in [4.69, 9.17) is 5.73 Å². The number of hydrogen-bond acceptors (Lipinski definition) is 6. The number of aryl methyl sites for hydroxylation is 2. The molecule has 3 heterocycles. The molecule has 0 saturated heterocycles. The summed E-state index contributed by atoms with van der Waals surface area (Å²) in [6.45, 7) is 2.75. The number of nitrogens with two attached hydrogens (primary N) is 1. The van der Waals surface area contributed by atoms with Crippen molar-refractivity contribution in [3.8, 4) is 0 Å². The number of fused-ring (bicyclic) bond motifs is 3.